The van der Waals surface area contributed by atoms with Crippen LogP contribution in [-0.2, 0) is 4.79 Å². The number of pyridine rings is 1. The summed E-state index contributed by atoms with van der Waals surface area (Å²) in [4.78, 5) is 33.1. The van der Waals surface area contributed by atoms with Crippen LogP contribution in [0.5, 0.6) is 0 Å². The molecule has 0 aromatic carbocycles. The first-order chi connectivity index (χ1) is 11.5. The summed E-state index contributed by atoms with van der Waals surface area (Å²) in [5, 5.41) is 11.9. The number of urea groups is 1. The van der Waals surface area contributed by atoms with E-state index in [2.05, 4.69) is 16.4 Å². The Morgan fingerprint density at radius 1 is 1.33 bits per heavy atom. The Morgan fingerprint density at radius 2 is 2.04 bits per heavy atom. The molecular formula is C16H22N6O2. The van der Waals surface area contributed by atoms with Gasteiger partial charge in [-0.25, -0.2) is 9.78 Å². The largest absolute Gasteiger partial charge is 0.352 e. The maximum absolute atomic E-state index is 12.1. The first-order valence-electron chi connectivity index (χ1n) is 7.86. The highest BCUT2D eigenvalue weighted by Gasteiger charge is 2.23. The Bertz CT molecular complexity index is 632. The summed E-state index contributed by atoms with van der Waals surface area (Å²) in [7, 11) is 3.38. The standard InChI is InChI=1S/C16H22N6O2/c1-20(2)14(23)5-7-19-16(24)22-10-8-21(9-11-22)15-13(12-17)4-3-6-18-15/h3-4,6H,5,7-11H2,1-2H3,(H,19,24). The molecule has 24 heavy (non-hydrogen) atoms. The van der Waals surface area contributed by atoms with Crippen molar-refractivity contribution in [1.29, 1.82) is 5.26 Å². The molecule has 0 spiro atoms. The van der Waals surface area contributed by atoms with E-state index < -0.39 is 0 Å². The summed E-state index contributed by atoms with van der Waals surface area (Å²) in [6.07, 6.45) is 1.95. The summed E-state index contributed by atoms with van der Waals surface area (Å²) in [5.74, 6) is 0.649. The summed E-state index contributed by atoms with van der Waals surface area (Å²) in [5.41, 5.74) is 0.539. The molecule has 8 nitrogen and oxygen atoms in total. The second kappa shape index (κ2) is 8.15. The highest BCUT2D eigenvalue weighted by Crippen LogP contribution is 2.17. The van der Waals surface area contributed by atoms with E-state index in [1.807, 2.05) is 4.90 Å². The molecule has 1 aliphatic heterocycles. The number of anilines is 1. The lowest BCUT2D eigenvalue weighted by atomic mass is 10.2. The minimum Gasteiger partial charge on any atom is -0.352 e. The summed E-state index contributed by atoms with van der Waals surface area (Å²) in [6, 6.07) is 5.45. The highest BCUT2D eigenvalue weighted by molar-refractivity contribution is 5.78. The third-order valence-corrected chi connectivity index (χ3v) is 3.89. The molecule has 128 valence electrons. The smallest absolute Gasteiger partial charge is 0.317 e. The summed E-state index contributed by atoms with van der Waals surface area (Å²) >= 11 is 0. The predicted octanol–water partition coefficient (Wildman–Crippen LogP) is 0.263. The average molecular weight is 330 g/mol. The van der Waals surface area contributed by atoms with Crippen LogP contribution in [0.15, 0.2) is 18.3 Å². The molecule has 2 heterocycles. The van der Waals surface area contributed by atoms with Crippen LogP contribution < -0.4 is 10.2 Å². The van der Waals surface area contributed by atoms with Gasteiger partial charge in [0.1, 0.15) is 11.9 Å². The molecule has 1 N–H and O–H groups in total. The predicted molar refractivity (Wildman–Crippen MR) is 89.4 cm³/mol. The van der Waals surface area contributed by atoms with E-state index >= 15 is 0 Å². The van der Waals surface area contributed by atoms with Crippen LogP contribution in [0.4, 0.5) is 10.6 Å². The van der Waals surface area contributed by atoms with Crippen molar-refractivity contribution in [2.75, 3.05) is 51.7 Å². The summed E-state index contributed by atoms with van der Waals surface area (Å²) in [6.45, 7) is 2.67. The van der Waals surface area contributed by atoms with Crippen molar-refractivity contribution in [1.82, 2.24) is 20.1 Å². The van der Waals surface area contributed by atoms with Crippen molar-refractivity contribution in [3.05, 3.63) is 23.9 Å². The van der Waals surface area contributed by atoms with Crippen LogP contribution in [0.25, 0.3) is 0 Å². The Kier molecular flexibility index (Phi) is 5.95. The third kappa shape index (κ3) is 4.35. The quantitative estimate of drug-likeness (QED) is 0.855. The van der Waals surface area contributed by atoms with Crippen LogP contribution in [0.1, 0.15) is 12.0 Å². The van der Waals surface area contributed by atoms with E-state index in [4.69, 9.17) is 5.26 Å². The van der Waals surface area contributed by atoms with Gasteiger partial charge < -0.3 is 20.0 Å². The summed E-state index contributed by atoms with van der Waals surface area (Å²) < 4.78 is 0. The molecule has 1 fully saturated rings. The first-order valence-corrected chi connectivity index (χ1v) is 7.86. The lowest BCUT2D eigenvalue weighted by Gasteiger charge is -2.35. The Hall–Kier alpha value is -2.82. The Labute approximate surface area is 141 Å². The van der Waals surface area contributed by atoms with Gasteiger partial charge in [0.15, 0.2) is 0 Å². The normalized spacial score (nSPS) is 14.0. The number of hydrogen-bond donors (Lipinski definition) is 1. The second-order valence-corrected chi connectivity index (χ2v) is 5.73. The fraction of sp³-hybridized carbons (Fsp3) is 0.500. The molecule has 1 aromatic rings. The van der Waals surface area contributed by atoms with Crippen molar-refractivity contribution in [2.24, 2.45) is 0 Å². The maximum Gasteiger partial charge on any atom is 0.317 e. The minimum atomic E-state index is -0.164. The number of nitrogens with zero attached hydrogens (tertiary/aromatic N) is 5. The molecule has 0 atom stereocenters. The number of amides is 3. The van der Waals surface area contributed by atoms with E-state index in [-0.39, 0.29) is 18.4 Å². The van der Waals surface area contributed by atoms with Gasteiger partial charge in [-0.2, -0.15) is 5.26 Å². The van der Waals surface area contributed by atoms with Crippen LogP contribution in [-0.4, -0.2) is 73.5 Å². The van der Waals surface area contributed by atoms with E-state index in [1.165, 1.54) is 4.90 Å². The van der Waals surface area contributed by atoms with Crippen LogP contribution in [0.2, 0.25) is 0 Å². The van der Waals surface area contributed by atoms with Crippen molar-refractivity contribution < 1.29 is 9.59 Å². The maximum atomic E-state index is 12.1. The lowest BCUT2D eigenvalue weighted by molar-refractivity contribution is -0.128. The van der Waals surface area contributed by atoms with Crippen molar-refractivity contribution >= 4 is 17.8 Å². The lowest BCUT2D eigenvalue weighted by Crippen LogP contribution is -2.52. The van der Waals surface area contributed by atoms with E-state index in [1.54, 1.807) is 37.3 Å². The van der Waals surface area contributed by atoms with Gasteiger partial charge in [0, 0.05) is 59.4 Å². The molecule has 3 amide bonds. The van der Waals surface area contributed by atoms with Gasteiger partial charge in [0.2, 0.25) is 5.91 Å². The zero-order valence-corrected chi connectivity index (χ0v) is 14.0. The number of piperazine rings is 1. The SMILES string of the molecule is CN(C)C(=O)CCNC(=O)N1CCN(c2ncccc2C#N)CC1. The number of nitriles is 1. The number of carbonyl (C=O) groups excluding carboxylic acids is 2. The van der Waals surface area contributed by atoms with Crippen LogP contribution in [0, 0.1) is 11.3 Å². The van der Waals surface area contributed by atoms with Gasteiger partial charge in [0.05, 0.1) is 5.56 Å². The van der Waals surface area contributed by atoms with Gasteiger partial charge in [-0.15, -0.1) is 0 Å². The van der Waals surface area contributed by atoms with E-state index in [0.29, 0.717) is 44.1 Å². The molecule has 0 bridgehead atoms. The molecule has 0 unspecified atom stereocenters. The van der Waals surface area contributed by atoms with Crippen LogP contribution in [0.3, 0.4) is 0 Å². The topological polar surface area (TPSA) is 92.6 Å². The monoisotopic (exact) mass is 330 g/mol. The molecular weight excluding hydrogens is 308 g/mol. The van der Waals surface area contributed by atoms with Gasteiger partial charge in [0.25, 0.3) is 0 Å². The Morgan fingerprint density at radius 3 is 2.67 bits per heavy atom. The van der Waals surface area contributed by atoms with Gasteiger partial charge in [-0.1, -0.05) is 0 Å². The van der Waals surface area contributed by atoms with Gasteiger partial charge in [-0.3, -0.25) is 4.79 Å². The third-order valence-electron chi connectivity index (χ3n) is 3.89. The molecule has 0 radical (unpaired) electrons. The van der Waals surface area contributed by atoms with Gasteiger partial charge in [-0.05, 0) is 12.1 Å². The molecule has 1 saturated heterocycles. The number of nitrogens with one attached hydrogen (secondary N) is 1. The van der Waals surface area contributed by atoms with E-state index in [0.717, 1.165) is 0 Å². The molecule has 0 aliphatic carbocycles. The highest BCUT2D eigenvalue weighted by atomic mass is 16.2. The molecule has 0 saturated carbocycles. The number of rotatable bonds is 4. The molecule has 8 heteroatoms. The molecule has 1 aliphatic rings. The number of aromatic nitrogens is 1. The molecule has 1 aromatic heterocycles. The van der Waals surface area contributed by atoms with Crippen molar-refractivity contribution in [3.8, 4) is 6.07 Å². The van der Waals surface area contributed by atoms with Crippen LogP contribution >= 0.6 is 0 Å². The minimum absolute atomic E-state index is 0.0145. The zero-order chi connectivity index (χ0) is 17.5. The second-order valence-electron chi connectivity index (χ2n) is 5.73. The fourth-order valence-corrected chi connectivity index (χ4v) is 2.47. The first kappa shape index (κ1) is 17.5. The molecule has 2 rings (SSSR count). The Balaban J connectivity index is 1.81. The zero-order valence-electron chi connectivity index (χ0n) is 14.0. The van der Waals surface area contributed by atoms with E-state index in [9.17, 15) is 9.59 Å². The van der Waals surface area contributed by atoms with Crippen molar-refractivity contribution in [2.45, 2.75) is 6.42 Å². The average Bonchev–Trinajstić information content (AvgIpc) is 2.61. The van der Waals surface area contributed by atoms with Crippen molar-refractivity contribution in [3.63, 3.8) is 0 Å². The van der Waals surface area contributed by atoms with Gasteiger partial charge >= 0.3 is 6.03 Å². The fourth-order valence-electron chi connectivity index (χ4n) is 2.47. The number of carbonyl (C=O) groups is 2. The number of hydrogen-bond acceptors (Lipinski definition) is 5.